The number of hydrogen-bond donors (Lipinski definition) is 2. The molecule has 0 saturated heterocycles. The van der Waals surface area contributed by atoms with Crippen molar-refractivity contribution < 1.29 is 9.50 Å². The molecule has 1 aromatic rings. The molecule has 2 atom stereocenters. The molecule has 0 aromatic heterocycles. The smallest absolute Gasteiger partial charge is 0.135 e. The monoisotopic (exact) mass is 403 g/mol. The normalized spacial score (nSPS) is 18.2. The number of aliphatic hydroxyl groups is 1. The Bertz CT molecular complexity index is 705. The van der Waals surface area contributed by atoms with E-state index in [0.717, 1.165) is 16.8 Å². The van der Waals surface area contributed by atoms with Crippen LogP contribution in [0.4, 0.5) is 4.39 Å². The van der Waals surface area contributed by atoms with Gasteiger partial charge in [0.2, 0.25) is 0 Å². The molecular formula is C26H42FNO. The van der Waals surface area contributed by atoms with Crippen LogP contribution in [0.25, 0.3) is 5.70 Å². The van der Waals surface area contributed by atoms with Crippen LogP contribution in [0.3, 0.4) is 0 Å². The summed E-state index contributed by atoms with van der Waals surface area (Å²) < 4.78 is 15.2. The summed E-state index contributed by atoms with van der Waals surface area (Å²) in [4.78, 5) is 0. The Morgan fingerprint density at radius 3 is 2.38 bits per heavy atom. The summed E-state index contributed by atoms with van der Waals surface area (Å²) in [6.07, 6.45) is 9.78. The number of halogens is 1. The zero-order valence-corrected chi connectivity index (χ0v) is 19.5. The summed E-state index contributed by atoms with van der Waals surface area (Å²) in [6.45, 7) is 12.5. The maximum Gasteiger partial charge on any atom is 0.135 e. The molecular weight excluding hydrogens is 361 g/mol. The van der Waals surface area contributed by atoms with Gasteiger partial charge in [0.05, 0.1) is 6.61 Å². The number of nitrogens with one attached hydrogen (secondary N) is 1. The number of aryl methyl sites for hydroxylation is 1. The standard InChI is InChI=1S/C26H42FNO/c1-7-9-10-12-21(11-8-2)25(26(6)15-16-26)28-24(19(4)17-29)22-14-13-18(3)20(5)23(22)27/h13-14,21,25,28-29H,7-12,15-17H2,1-6H3/b24-19+. The van der Waals surface area contributed by atoms with Gasteiger partial charge in [-0.05, 0) is 80.6 Å². The zero-order chi connectivity index (χ0) is 21.6. The Morgan fingerprint density at radius 1 is 1.14 bits per heavy atom. The van der Waals surface area contributed by atoms with Gasteiger partial charge in [0.1, 0.15) is 5.82 Å². The second kappa shape index (κ2) is 10.6. The van der Waals surface area contributed by atoms with Crippen LogP contribution >= 0.6 is 0 Å². The molecule has 1 saturated carbocycles. The predicted molar refractivity (Wildman–Crippen MR) is 122 cm³/mol. The highest BCUT2D eigenvalue weighted by Gasteiger charge is 2.48. The molecule has 1 fully saturated rings. The maximum atomic E-state index is 15.2. The Balaban J connectivity index is 2.41. The minimum Gasteiger partial charge on any atom is -0.392 e. The summed E-state index contributed by atoms with van der Waals surface area (Å²) in [5, 5.41) is 13.7. The Hall–Kier alpha value is -1.35. The average molecular weight is 404 g/mol. The third-order valence-corrected chi connectivity index (χ3v) is 6.99. The van der Waals surface area contributed by atoms with Crippen LogP contribution in [0, 0.1) is 31.0 Å². The molecule has 0 amide bonds. The molecule has 2 unspecified atom stereocenters. The highest BCUT2D eigenvalue weighted by molar-refractivity contribution is 5.69. The van der Waals surface area contributed by atoms with Gasteiger partial charge < -0.3 is 10.4 Å². The van der Waals surface area contributed by atoms with Gasteiger partial charge >= 0.3 is 0 Å². The van der Waals surface area contributed by atoms with Crippen molar-refractivity contribution >= 4 is 5.70 Å². The van der Waals surface area contributed by atoms with Crippen molar-refractivity contribution in [2.24, 2.45) is 11.3 Å². The average Bonchev–Trinajstić information content (AvgIpc) is 3.45. The van der Waals surface area contributed by atoms with Gasteiger partial charge in [-0.3, -0.25) is 0 Å². The molecule has 2 nitrogen and oxygen atoms in total. The molecule has 2 rings (SSSR count). The fourth-order valence-corrected chi connectivity index (χ4v) is 4.51. The number of hydrogen-bond acceptors (Lipinski definition) is 2. The lowest BCUT2D eigenvalue weighted by Gasteiger charge is -2.36. The second-order valence-electron chi connectivity index (χ2n) is 9.50. The first kappa shape index (κ1) is 23.9. The Morgan fingerprint density at radius 2 is 1.83 bits per heavy atom. The molecule has 0 bridgehead atoms. The third kappa shape index (κ3) is 5.84. The number of benzene rings is 1. The summed E-state index contributed by atoms with van der Waals surface area (Å²) in [5.41, 5.74) is 4.12. The van der Waals surface area contributed by atoms with Gasteiger partial charge in [0, 0.05) is 17.3 Å². The fourth-order valence-electron chi connectivity index (χ4n) is 4.51. The lowest BCUT2D eigenvalue weighted by atomic mass is 9.80. The lowest BCUT2D eigenvalue weighted by Crippen LogP contribution is -2.42. The van der Waals surface area contributed by atoms with Gasteiger partial charge in [-0.1, -0.05) is 52.5 Å². The van der Waals surface area contributed by atoms with Crippen molar-refractivity contribution in [3.63, 3.8) is 0 Å². The second-order valence-corrected chi connectivity index (χ2v) is 9.50. The van der Waals surface area contributed by atoms with E-state index in [2.05, 4.69) is 26.1 Å². The van der Waals surface area contributed by atoms with E-state index < -0.39 is 0 Å². The molecule has 2 N–H and O–H groups in total. The topological polar surface area (TPSA) is 32.3 Å². The summed E-state index contributed by atoms with van der Waals surface area (Å²) in [5.74, 6) is 0.410. The van der Waals surface area contributed by atoms with E-state index in [1.54, 1.807) is 0 Å². The van der Waals surface area contributed by atoms with Gasteiger partial charge in [-0.15, -0.1) is 0 Å². The van der Waals surface area contributed by atoms with Crippen molar-refractivity contribution in [1.82, 2.24) is 5.32 Å². The van der Waals surface area contributed by atoms with Gasteiger partial charge in [0.15, 0.2) is 0 Å². The first-order chi connectivity index (χ1) is 13.8. The number of aliphatic hydroxyl groups excluding tert-OH is 1. The van der Waals surface area contributed by atoms with Crippen LogP contribution in [0.5, 0.6) is 0 Å². The van der Waals surface area contributed by atoms with Crippen LogP contribution in [0.2, 0.25) is 0 Å². The van der Waals surface area contributed by atoms with Gasteiger partial charge in [-0.25, -0.2) is 4.39 Å². The summed E-state index contributed by atoms with van der Waals surface area (Å²) in [6, 6.07) is 4.17. The Labute approximate surface area is 178 Å². The number of unbranched alkanes of at least 4 members (excludes halogenated alkanes) is 2. The van der Waals surface area contributed by atoms with Crippen molar-refractivity contribution in [3.8, 4) is 0 Å². The van der Waals surface area contributed by atoms with Crippen LogP contribution in [0.1, 0.15) is 95.8 Å². The van der Waals surface area contributed by atoms with Crippen molar-refractivity contribution in [1.29, 1.82) is 0 Å². The quantitative estimate of drug-likeness (QED) is 0.371. The third-order valence-electron chi connectivity index (χ3n) is 6.99. The fraction of sp³-hybridized carbons (Fsp3) is 0.692. The zero-order valence-electron chi connectivity index (χ0n) is 19.5. The summed E-state index contributed by atoms with van der Waals surface area (Å²) >= 11 is 0. The largest absolute Gasteiger partial charge is 0.392 e. The molecule has 0 heterocycles. The molecule has 29 heavy (non-hydrogen) atoms. The minimum absolute atomic E-state index is 0.0631. The highest BCUT2D eigenvalue weighted by Crippen LogP contribution is 2.52. The molecule has 0 aliphatic heterocycles. The molecule has 1 aliphatic rings. The molecule has 0 spiro atoms. The van der Waals surface area contributed by atoms with Gasteiger partial charge in [0.25, 0.3) is 0 Å². The predicted octanol–water partition coefficient (Wildman–Crippen LogP) is 6.92. The van der Waals surface area contributed by atoms with Crippen LogP contribution in [0.15, 0.2) is 17.7 Å². The Kier molecular flexibility index (Phi) is 8.75. The van der Waals surface area contributed by atoms with Crippen LogP contribution < -0.4 is 5.32 Å². The highest BCUT2D eigenvalue weighted by atomic mass is 19.1. The van der Waals surface area contributed by atoms with E-state index in [9.17, 15) is 5.11 Å². The molecule has 3 heteroatoms. The van der Waals surface area contributed by atoms with Crippen molar-refractivity contribution in [2.45, 2.75) is 99.0 Å². The van der Waals surface area contributed by atoms with Crippen molar-refractivity contribution in [3.05, 3.63) is 40.2 Å². The van der Waals surface area contributed by atoms with Gasteiger partial charge in [-0.2, -0.15) is 0 Å². The van der Waals surface area contributed by atoms with E-state index in [1.165, 1.54) is 51.4 Å². The number of rotatable bonds is 12. The molecule has 164 valence electrons. The lowest BCUT2D eigenvalue weighted by molar-refractivity contribution is 0.244. The van der Waals surface area contributed by atoms with Crippen LogP contribution in [-0.2, 0) is 0 Å². The van der Waals surface area contributed by atoms with E-state index in [1.807, 2.05) is 32.9 Å². The SMILES string of the molecule is CCCCCC(CCC)C(N/C(=C(\C)CO)c1ccc(C)c(C)c1F)C1(C)CC1. The van der Waals surface area contributed by atoms with Crippen molar-refractivity contribution in [2.75, 3.05) is 6.61 Å². The molecule has 0 radical (unpaired) electrons. The first-order valence-corrected chi connectivity index (χ1v) is 11.6. The first-order valence-electron chi connectivity index (χ1n) is 11.6. The van der Waals surface area contributed by atoms with Crippen LogP contribution in [-0.4, -0.2) is 17.8 Å². The minimum atomic E-state index is -0.168. The van der Waals surface area contributed by atoms with E-state index in [4.69, 9.17) is 0 Å². The summed E-state index contributed by atoms with van der Waals surface area (Å²) in [7, 11) is 0. The van der Waals surface area contributed by atoms with E-state index in [0.29, 0.717) is 23.1 Å². The molecule has 1 aromatic carbocycles. The van der Waals surface area contributed by atoms with E-state index >= 15 is 4.39 Å². The molecule has 1 aliphatic carbocycles. The van der Waals surface area contributed by atoms with E-state index in [-0.39, 0.29) is 17.8 Å². The maximum absolute atomic E-state index is 15.2.